The maximum absolute atomic E-state index is 12.6. The van der Waals surface area contributed by atoms with Gasteiger partial charge in [0.2, 0.25) is 5.91 Å². The Morgan fingerprint density at radius 3 is 2.78 bits per heavy atom. The molecule has 1 unspecified atom stereocenters. The van der Waals surface area contributed by atoms with Crippen molar-refractivity contribution in [2.24, 2.45) is 0 Å². The normalized spacial score (nSPS) is 21.9. The minimum Gasteiger partial charge on any atom is -0.341 e. The fraction of sp³-hybridized carbons (Fsp3) is 0.682. The number of aryl methyl sites for hydroxylation is 1. The molecule has 3 rings (SSSR count). The van der Waals surface area contributed by atoms with E-state index in [0.29, 0.717) is 12.5 Å². The van der Waals surface area contributed by atoms with Crippen LogP contribution in [0.5, 0.6) is 0 Å². The number of carbonyl (C=O) groups excluding carboxylic acids is 1. The molecule has 5 heteroatoms. The number of piperidine rings is 1. The van der Waals surface area contributed by atoms with Crippen LogP contribution < -0.4 is 0 Å². The van der Waals surface area contributed by atoms with Crippen molar-refractivity contribution in [1.82, 2.24) is 14.9 Å². The highest BCUT2D eigenvalue weighted by atomic mass is 16.7. The van der Waals surface area contributed by atoms with Gasteiger partial charge in [-0.3, -0.25) is 9.63 Å². The second kappa shape index (κ2) is 10.8. The van der Waals surface area contributed by atoms with E-state index in [1.54, 1.807) is 0 Å². The molecule has 0 bridgehead atoms. The fourth-order valence-electron chi connectivity index (χ4n) is 4.13. The number of nitrogens with zero attached hydrogens (tertiary/aromatic N) is 3. The SMILES string of the molecule is CN(C(=O)CCN1CCCCO1)C1CCCN(CCCc2ccccc2)C1. The second-order valence-electron chi connectivity index (χ2n) is 7.91. The standard InChI is InChI=1S/C22H35N3O2/c1-23(22(26)13-17-25-16-5-6-18-27-25)21-12-8-15-24(19-21)14-7-11-20-9-3-2-4-10-20/h2-4,9-10,21H,5-8,11-19H2,1H3. The van der Waals surface area contributed by atoms with Gasteiger partial charge in [-0.15, -0.1) is 0 Å². The molecular weight excluding hydrogens is 338 g/mol. The number of hydrogen-bond acceptors (Lipinski definition) is 4. The quantitative estimate of drug-likeness (QED) is 0.702. The molecule has 2 fully saturated rings. The van der Waals surface area contributed by atoms with Crippen LogP contribution in [0.4, 0.5) is 0 Å². The van der Waals surface area contributed by atoms with Crippen LogP contribution in [0, 0.1) is 0 Å². The molecule has 2 saturated heterocycles. The number of hydrogen-bond donors (Lipinski definition) is 0. The van der Waals surface area contributed by atoms with Crippen LogP contribution in [0.15, 0.2) is 30.3 Å². The topological polar surface area (TPSA) is 36.0 Å². The van der Waals surface area contributed by atoms with Crippen molar-refractivity contribution in [2.75, 3.05) is 46.4 Å². The minimum atomic E-state index is 0.250. The van der Waals surface area contributed by atoms with Gasteiger partial charge in [0.15, 0.2) is 0 Å². The third-order valence-corrected chi connectivity index (χ3v) is 5.86. The van der Waals surface area contributed by atoms with Crippen LogP contribution in [0.2, 0.25) is 0 Å². The van der Waals surface area contributed by atoms with E-state index >= 15 is 0 Å². The highest BCUT2D eigenvalue weighted by Gasteiger charge is 2.26. The molecule has 2 aliphatic heterocycles. The third-order valence-electron chi connectivity index (χ3n) is 5.86. The van der Waals surface area contributed by atoms with E-state index < -0.39 is 0 Å². The lowest BCUT2D eigenvalue weighted by atomic mass is 10.0. The maximum atomic E-state index is 12.6. The van der Waals surface area contributed by atoms with Crippen molar-refractivity contribution in [3.63, 3.8) is 0 Å². The molecule has 1 atom stereocenters. The summed E-state index contributed by atoms with van der Waals surface area (Å²) in [5, 5.41) is 1.96. The summed E-state index contributed by atoms with van der Waals surface area (Å²) in [5.41, 5.74) is 1.42. The smallest absolute Gasteiger partial charge is 0.223 e. The zero-order chi connectivity index (χ0) is 18.9. The van der Waals surface area contributed by atoms with Gasteiger partial charge in [-0.1, -0.05) is 30.3 Å². The van der Waals surface area contributed by atoms with Crippen LogP contribution in [0.1, 0.15) is 44.1 Å². The van der Waals surface area contributed by atoms with E-state index in [-0.39, 0.29) is 5.91 Å². The molecule has 2 heterocycles. The lowest BCUT2D eigenvalue weighted by Crippen LogP contribution is -2.49. The van der Waals surface area contributed by atoms with Crippen LogP contribution in [-0.4, -0.2) is 73.2 Å². The molecule has 1 aromatic rings. The first-order valence-corrected chi connectivity index (χ1v) is 10.6. The lowest BCUT2D eigenvalue weighted by molar-refractivity contribution is -0.182. The summed E-state index contributed by atoms with van der Waals surface area (Å²) in [4.78, 5) is 22.8. The number of rotatable bonds is 8. The van der Waals surface area contributed by atoms with Crippen molar-refractivity contribution in [3.05, 3.63) is 35.9 Å². The van der Waals surface area contributed by atoms with Crippen molar-refractivity contribution >= 4 is 5.91 Å². The summed E-state index contributed by atoms with van der Waals surface area (Å²) in [6.45, 7) is 5.76. The first-order chi connectivity index (χ1) is 13.2. The Bertz CT molecular complexity index is 560. The summed E-state index contributed by atoms with van der Waals surface area (Å²) in [6.07, 6.45) is 7.48. The average Bonchev–Trinajstić information content (AvgIpc) is 2.73. The average molecular weight is 374 g/mol. The molecule has 1 amide bonds. The number of likely N-dealkylation sites (N-methyl/N-ethyl adjacent to an activating group) is 1. The summed E-state index contributed by atoms with van der Waals surface area (Å²) in [6, 6.07) is 11.1. The first-order valence-electron chi connectivity index (χ1n) is 10.6. The van der Waals surface area contributed by atoms with Crippen LogP contribution >= 0.6 is 0 Å². The molecule has 0 aromatic heterocycles. The Labute approximate surface area is 164 Å². The summed E-state index contributed by atoms with van der Waals surface area (Å²) in [5.74, 6) is 0.250. The zero-order valence-corrected chi connectivity index (χ0v) is 16.8. The minimum absolute atomic E-state index is 0.250. The molecule has 150 valence electrons. The summed E-state index contributed by atoms with van der Waals surface area (Å²) in [7, 11) is 1.98. The van der Waals surface area contributed by atoms with E-state index in [1.807, 2.05) is 17.0 Å². The molecule has 0 saturated carbocycles. The Hall–Kier alpha value is -1.43. The number of likely N-dealkylation sites (tertiary alicyclic amines) is 1. The van der Waals surface area contributed by atoms with E-state index in [1.165, 1.54) is 24.8 Å². The summed E-state index contributed by atoms with van der Waals surface area (Å²) < 4.78 is 0. The van der Waals surface area contributed by atoms with E-state index in [4.69, 9.17) is 4.84 Å². The molecular formula is C22H35N3O2. The molecule has 0 aliphatic carbocycles. The molecule has 1 aromatic carbocycles. The highest BCUT2D eigenvalue weighted by Crippen LogP contribution is 2.17. The van der Waals surface area contributed by atoms with Gasteiger partial charge in [-0.05, 0) is 57.2 Å². The highest BCUT2D eigenvalue weighted by molar-refractivity contribution is 5.76. The predicted molar refractivity (Wildman–Crippen MR) is 108 cm³/mol. The van der Waals surface area contributed by atoms with Gasteiger partial charge >= 0.3 is 0 Å². The van der Waals surface area contributed by atoms with Gasteiger partial charge in [-0.25, -0.2) is 0 Å². The second-order valence-corrected chi connectivity index (χ2v) is 7.91. The lowest BCUT2D eigenvalue weighted by Gasteiger charge is -2.38. The Morgan fingerprint density at radius 2 is 2.00 bits per heavy atom. The van der Waals surface area contributed by atoms with Crippen molar-refractivity contribution < 1.29 is 9.63 Å². The van der Waals surface area contributed by atoms with Gasteiger partial charge < -0.3 is 9.80 Å². The molecule has 0 N–H and O–H groups in total. The van der Waals surface area contributed by atoms with Gasteiger partial charge in [0.25, 0.3) is 0 Å². The van der Waals surface area contributed by atoms with E-state index in [2.05, 4.69) is 35.2 Å². The molecule has 27 heavy (non-hydrogen) atoms. The van der Waals surface area contributed by atoms with Crippen LogP contribution in [0.25, 0.3) is 0 Å². The van der Waals surface area contributed by atoms with Crippen molar-refractivity contribution in [1.29, 1.82) is 0 Å². The fourth-order valence-corrected chi connectivity index (χ4v) is 4.13. The number of benzene rings is 1. The van der Waals surface area contributed by atoms with Crippen molar-refractivity contribution in [2.45, 2.75) is 51.0 Å². The monoisotopic (exact) mass is 373 g/mol. The van der Waals surface area contributed by atoms with Crippen LogP contribution in [-0.2, 0) is 16.1 Å². The van der Waals surface area contributed by atoms with Gasteiger partial charge in [0.05, 0.1) is 6.61 Å². The largest absolute Gasteiger partial charge is 0.341 e. The van der Waals surface area contributed by atoms with E-state index in [0.717, 1.165) is 58.6 Å². The molecule has 0 spiro atoms. The summed E-state index contributed by atoms with van der Waals surface area (Å²) >= 11 is 0. The third kappa shape index (κ3) is 6.59. The number of carbonyl (C=O) groups is 1. The number of hydroxylamine groups is 2. The first kappa shape index (κ1) is 20.3. The van der Waals surface area contributed by atoms with E-state index in [9.17, 15) is 4.79 Å². The maximum Gasteiger partial charge on any atom is 0.223 e. The zero-order valence-electron chi connectivity index (χ0n) is 16.8. The molecule has 5 nitrogen and oxygen atoms in total. The molecule has 2 aliphatic rings. The number of amides is 1. The predicted octanol–water partition coefficient (Wildman–Crippen LogP) is 2.96. The van der Waals surface area contributed by atoms with Crippen molar-refractivity contribution in [3.8, 4) is 0 Å². The van der Waals surface area contributed by atoms with Gasteiger partial charge in [0, 0.05) is 39.1 Å². The Morgan fingerprint density at radius 1 is 1.15 bits per heavy atom. The van der Waals surface area contributed by atoms with Gasteiger partial charge in [-0.2, -0.15) is 5.06 Å². The molecule has 0 radical (unpaired) electrons. The van der Waals surface area contributed by atoms with Crippen LogP contribution in [0.3, 0.4) is 0 Å². The van der Waals surface area contributed by atoms with Gasteiger partial charge in [0.1, 0.15) is 0 Å². The Balaban J connectivity index is 1.37. The Kier molecular flexibility index (Phi) is 8.11.